The van der Waals surface area contributed by atoms with Crippen LogP contribution in [0.1, 0.15) is 103 Å². The first-order valence-electron chi connectivity index (χ1n) is 10.8. The van der Waals surface area contributed by atoms with Crippen molar-refractivity contribution in [2.45, 2.75) is 131 Å². The summed E-state index contributed by atoms with van der Waals surface area (Å²) >= 11 is 0. The highest BCUT2D eigenvalue weighted by molar-refractivity contribution is 5.41. The second-order valence-corrected chi connectivity index (χ2v) is 11.7. The third kappa shape index (κ3) is 2.97. The molecule has 2 rings (SSSR count). The Morgan fingerprint density at radius 2 is 1.00 bits per heavy atom. The van der Waals surface area contributed by atoms with Gasteiger partial charge in [-0.05, 0) is 110 Å². The number of nitrogens with zero attached hydrogens (tertiary/aromatic N) is 2. The van der Waals surface area contributed by atoms with Crippen LogP contribution < -0.4 is 0 Å². The average Bonchev–Trinajstić information content (AvgIpc) is 2.73. The molecular weight excluding hydrogens is 328 g/mol. The van der Waals surface area contributed by atoms with Crippen molar-refractivity contribution in [3.63, 3.8) is 0 Å². The normalized spacial score (nSPS) is 34.9. The fourth-order valence-electron chi connectivity index (χ4n) is 6.52. The van der Waals surface area contributed by atoms with Gasteiger partial charge >= 0.3 is 0 Å². The van der Waals surface area contributed by atoms with Crippen molar-refractivity contribution >= 4 is 0 Å². The summed E-state index contributed by atoms with van der Waals surface area (Å²) in [4.78, 5) is 5.40. The standard InChI is InChI=1S/C25H46N2/c1-17-19(3)24(12,26(14)22(17,8)9)15-16-25(13)20(4)18(2)23(10,11)27(25)21(5,6)7/h15-16H2,1-14H3. The summed E-state index contributed by atoms with van der Waals surface area (Å²) in [5.41, 5.74) is 6.81. The van der Waals surface area contributed by atoms with Crippen LogP contribution in [0.25, 0.3) is 0 Å². The summed E-state index contributed by atoms with van der Waals surface area (Å²) in [6, 6.07) is 0. The van der Waals surface area contributed by atoms with E-state index in [1.54, 1.807) is 22.3 Å². The van der Waals surface area contributed by atoms with Gasteiger partial charge in [0.15, 0.2) is 0 Å². The molecule has 0 saturated heterocycles. The molecule has 0 radical (unpaired) electrons. The van der Waals surface area contributed by atoms with Gasteiger partial charge in [0.05, 0.1) is 0 Å². The predicted molar refractivity (Wildman–Crippen MR) is 120 cm³/mol. The molecule has 0 saturated carbocycles. The molecule has 0 bridgehead atoms. The molecule has 2 atom stereocenters. The van der Waals surface area contributed by atoms with E-state index < -0.39 is 0 Å². The van der Waals surface area contributed by atoms with E-state index in [0.29, 0.717) is 0 Å². The largest absolute Gasteiger partial charge is 0.288 e. The maximum atomic E-state index is 2.78. The average molecular weight is 375 g/mol. The van der Waals surface area contributed by atoms with Crippen LogP contribution in [-0.4, -0.2) is 44.5 Å². The molecule has 0 amide bonds. The molecule has 156 valence electrons. The zero-order chi connectivity index (χ0) is 21.4. The van der Waals surface area contributed by atoms with E-state index in [1.807, 2.05) is 0 Å². The highest BCUT2D eigenvalue weighted by Crippen LogP contribution is 2.53. The Morgan fingerprint density at radius 3 is 1.37 bits per heavy atom. The first-order valence-corrected chi connectivity index (χ1v) is 10.8. The topological polar surface area (TPSA) is 6.48 Å². The fourth-order valence-corrected chi connectivity index (χ4v) is 6.52. The second-order valence-electron chi connectivity index (χ2n) is 11.7. The van der Waals surface area contributed by atoms with Crippen molar-refractivity contribution in [1.29, 1.82) is 0 Å². The van der Waals surface area contributed by atoms with Crippen molar-refractivity contribution in [1.82, 2.24) is 9.80 Å². The molecule has 2 aliphatic heterocycles. The smallest absolute Gasteiger partial charge is 0.0407 e. The Morgan fingerprint density at radius 1 is 0.630 bits per heavy atom. The van der Waals surface area contributed by atoms with Gasteiger partial charge in [0.1, 0.15) is 0 Å². The highest BCUT2D eigenvalue weighted by atomic mass is 15.3. The van der Waals surface area contributed by atoms with Gasteiger partial charge in [-0.1, -0.05) is 22.3 Å². The van der Waals surface area contributed by atoms with Gasteiger partial charge in [-0.25, -0.2) is 0 Å². The fraction of sp³-hybridized carbons (Fsp3) is 0.840. The number of hydrogen-bond acceptors (Lipinski definition) is 2. The van der Waals surface area contributed by atoms with Crippen LogP contribution >= 0.6 is 0 Å². The summed E-state index contributed by atoms with van der Waals surface area (Å²) in [6.07, 6.45) is 2.36. The Kier molecular flexibility index (Phi) is 5.21. The van der Waals surface area contributed by atoms with E-state index >= 15 is 0 Å². The second kappa shape index (κ2) is 6.20. The van der Waals surface area contributed by atoms with Crippen LogP contribution in [0.5, 0.6) is 0 Å². The number of likely N-dealkylation sites (N-methyl/N-ethyl adjacent to an activating group) is 1. The minimum absolute atomic E-state index is 0.0939. The quantitative estimate of drug-likeness (QED) is 0.515. The molecule has 0 aliphatic carbocycles. The van der Waals surface area contributed by atoms with Crippen LogP contribution in [0.4, 0.5) is 0 Å². The van der Waals surface area contributed by atoms with Gasteiger partial charge < -0.3 is 0 Å². The van der Waals surface area contributed by atoms with Crippen molar-refractivity contribution in [2.75, 3.05) is 7.05 Å². The zero-order valence-corrected chi connectivity index (χ0v) is 20.8. The molecule has 0 aromatic heterocycles. The van der Waals surface area contributed by atoms with E-state index in [4.69, 9.17) is 0 Å². The summed E-state index contributed by atoms with van der Waals surface area (Å²) in [7, 11) is 2.32. The molecule has 2 heterocycles. The maximum absolute atomic E-state index is 2.78. The Labute approximate surface area is 170 Å². The van der Waals surface area contributed by atoms with Gasteiger partial charge in [-0.15, -0.1) is 0 Å². The molecule has 2 aliphatic rings. The van der Waals surface area contributed by atoms with Crippen molar-refractivity contribution < 1.29 is 0 Å². The Balaban J connectivity index is 2.44. The van der Waals surface area contributed by atoms with E-state index in [1.165, 1.54) is 12.8 Å². The first-order chi connectivity index (χ1) is 11.9. The van der Waals surface area contributed by atoms with Crippen LogP contribution in [0.3, 0.4) is 0 Å². The molecule has 0 aromatic carbocycles. The van der Waals surface area contributed by atoms with Crippen LogP contribution in [0.15, 0.2) is 22.3 Å². The molecule has 0 aromatic rings. The van der Waals surface area contributed by atoms with Crippen molar-refractivity contribution in [3.05, 3.63) is 22.3 Å². The lowest BCUT2D eigenvalue weighted by molar-refractivity contribution is -0.0227. The molecule has 0 spiro atoms. The van der Waals surface area contributed by atoms with Crippen LogP contribution in [0.2, 0.25) is 0 Å². The molecule has 2 unspecified atom stereocenters. The Bertz CT molecular complexity index is 686. The van der Waals surface area contributed by atoms with Gasteiger partial charge in [0, 0.05) is 27.7 Å². The van der Waals surface area contributed by atoms with E-state index in [2.05, 4.69) is 107 Å². The lowest BCUT2D eigenvalue weighted by Gasteiger charge is -2.53. The van der Waals surface area contributed by atoms with Crippen molar-refractivity contribution in [3.8, 4) is 0 Å². The van der Waals surface area contributed by atoms with Gasteiger partial charge in [-0.2, -0.15) is 0 Å². The Hall–Kier alpha value is -0.600. The van der Waals surface area contributed by atoms with Gasteiger partial charge in [0.25, 0.3) is 0 Å². The van der Waals surface area contributed by atoms with Crippen LogP contribution in [0, 0.1) is 0 Å². The molecule has 2 heteroatoms. The molecule has 27 heavy (non-hydrogen) atoms. The zero-order valence-electron chi connectivity index (χ0n) is 20.8. The maximum Gasteiger partial charge on any atom is 0.0407 e. The van der Waals surface area contributed by atoms with E-state index in [9.17, 15) is 0 Å². The lowest BCUT2D eigenvalue weighted by atomic mass is 9.78. The van der Waals surface area contributed by atoms with Gasteiger partial charge in [0.2, 0.25) is 0 Å². The summed E-state index contributed by atoms with van der Waals surface area (Å²) in [5, 5.41) is 0. The summed E-state index contributed by atoms with van der Waals surface area (Å²) < 4.78 is 0. The predicted octanol–water partition coefficient (Wildman–Crippen LogP) is 6.57. The SMILES string of the molecule is CC1=C(C)C(C)(CCC2(C)C(C)=C(C)C(C)(C)N2C(C)(C)C)N(C)C1(C)C. The monoisotopic (exact) mass is 374 g/mol. The van der Waals surface area contributed by atoms with E-state index in [0.717, 1.165) is 0 Å². The third-order valence-corrected chi connectivity index (χ3v) is 8.98. The van der Waals surface area contributed by atoms with Crippen molar-refractivity contribution in [2.24, 2.45) is 0 Å². The summed E-state index contributed by atoms with van der Waals surface area (Å²) in [5.74, 6) is 0. The summed E-state index contributed by atoms with van der Waals surface area (Å²) in [6.45, 7) is 31.0. The lowest BCUT2D eigenvalue weighted by Crippen LogP contribution is -2.61. The first kappa shape index (κ1) is 22.7. The highest BCUT2D eigenvalue weighted by Gasteiger charge is 2.55. The molecule has 0 N–H and O–H groups in total. The molecular formula is C25H46N2. The van der Waals surface area contributed by atoms with Crippen LogP contribution in [-0.2, 0) is 0 Å². The number of hydrogen-bond donors (Lipinski definition) is 0. The molecule has 0 fully saturated rings. The molecule has 2 nitrogen and oxygen atoms in total. The van der Waals surface area contributed by atoms with Gasteiger partial charge in [-0.3, -0.25) is 9.80 Å². The van der Waals surface area contributed by atoms with E-state index in [-0.39, 0.29) is 27.7 Å². The third-order valence-electron chi connectivity index (χ3n) is 8.98. The number of rotatable bonds is 3. The minimum atomic E-state index is 0.0939. The minimum Gasteiger partial charge on any atom is -0.288 e.